The molecule has 1 aromatic heterocycles. The normalized spacial score (nSPS) is 10.6. The third-order valence-electron chi connectivity index (χ3n) is 1.05. The fourth-order valence-corrected chi connectivity index (χ4v) is 1.15. The van der Waals surface area contributed by atoms with Gasteiger partial charge in [-0.15, -0.1) is 0 Å². The van der Waals surface area contributed by atoms with Gasteiger partial charge >= 0.3 is 0 Å². The molecule has 11 heavy (non-hydrogen) atoms. The van der Waals surface area contributed by atoms with Gasteiger partial charge in [0.15, 0.2) is 0 Å². The second-order valence-corrected chi connectivity index (χ2v) is 5.29. The van der Waals surface area contributed by atoms with Crippen molar-refractivity contribution >= 4 is 43.5 Å². The van der Waals surface area contributed by atoms with Crippen LogP contribution in [0.5, 0.6) is 0 Å². The highest BCUT2D eigenvalue weighted by molar-refractivity contribution is 9.24. The van der Waals surface area contributed by atoms with Gasteiger partial charge in [0.25, 0.3) is 0 Å². The van der Waals surface area contributed by atoms with Gasteiger partial charge in [0.1, 0.15) is 9.55 Å². The Morgan fingerprint density at radius 1 is 1.55 bits per heavy atom. The highest BCUT2D eigenvalue weighted by Crippen LogP contribution is 2.28. The van der Waals surface area contributed by atoms with Gasteiger partial charge in [-0.05, 0) is 6.07 Å². The van der Waals surface area contributed by atoms with Gasteiger partial charge in [-0.1, -0.05) is 43.5 Å². The monoisotopic (exact) mass is 301 g/mol. The van der Waals surface area contributed by atoms with Crippen LogP contribution in [0.4, 0.5) is 4.39 Å². The van der Waals surface area contributed by atoms with Crippen molar-refractivity contribution in [2.24, 2.45) is 0 Å². The molecule has 0 saturated carbocycles. The molecule has 0 spiro atoms. The fourth-order valence-electron chi connectivity index (χ4n) is 0.548. The van der Waals surface area contributed by atoms with Crippen molar-refractivity contribution in [1.29, 1.82) is 0 Å². The van der Waals surface area contributed by atoms with Crippen molar-refractivity contribution in [3.8, 4) is 0 Å². The largest absolute Gasteiger partial charge is 0.257 e. The Bertz CT molecular complexity index is 267. The van der Waals surface area contributed by atoms with Crippen LogP contribution < -0.4 is 0 Å². The fraction of sp³-hybridized carbons (Fsp3) is 0.167. The Hall–Kier alpha value is 0.330. The molecule has 0 unspecified atom stereocenters. The Morgan fingerprint density at radius 3 is 2.64 bits per heavy atom. The minimum Gasteiger partial charge on any atom is -0.257 e. The summed E-state index contributed by atoms with van der Waals surface area (Å²) in [6, 6.07) is 1.27. The lowest BCUT2D eigenvalue weighted by Crippen LogP contribution is -1.88. The molecule has 60 valence electrons. The number of hydrogen-bond acceptors (Lipinski definition) is 1. The van der Waals surface area contributed by atoms with Crippen molar-refractivity contribution in [3.63, 3.8) is 0 Å². The summed E-state index contributed by atoms with van der Waals surface area (Å²) in [4.78, 5) is 3.87. The van der Waals surface area contributed by atoms with Crippen LogP contribution in [0.1, 0.15) is 9.43 Å². The van der Waals surface area contributed by atoms with Crippen LogP contribution in [-0.4, -0.2) is 4.98 Å². The predicted molar refractivity (Wildman–Crippen MR) is 49.8 cm³/mol. The predicted octanol–water partition coefficient (Wildman–Crippen LogP) is 3.66. The maximum atomic E-state index is 12.7. The van der Waals surface area contributed by atoms with E-state index in [1.54, 1.807) is 0 Å². The summed E-state index contributed by atoms with van der Waals surface area (Å²) >= 11 is 11.8. The molecule has 1 aromatic rings. The molecule has 1 nitrogen and oxygen atoms in total. The SMILES string of the molecule is Fc1cc(C(Br)Br)ncc1Cl. The van der Waals surface area contributed by atoms with E-state index in [1.807, 2.05) is 0 Å². The van der Waals surface area contributed by atoms with Crippen molar-refractivity contribution in [3.05, 3.63) is 28.8 Å². The first-order chi connectivity index (χ1) is 5.11. The van der Waals surface area contributed by atoms with E-state index < -0.39 is 5.82 Å². The van der Waals surface area contributed by atoms with E-state index in [2.05, 4.69) is 36.8 Å². The maximum absolute atomic E-state index is 12.7. The van der Waals surface area contributed by atoms with Gasteiger partial charge in [0.2, 0.25) is 0 Å². The summed E-state index contributed by atoms with van der Waals surface area (Å²) in [6.45, 7) is 0. The second kappa shape index (κ2) is 3.83. The number of aromatic nitrogens is 1. The summed E-state index contributed by atoms with van der Waals surface area (Å²) in [6.07, 6.45) is 1.28. The van der Waals surface area contributed by atoms with Crippen LogP contribution in [0.2, 0.25) is 5.02 Å². The van der Waals surface area contributed by atoms with E-state index in [9.17, 15) is 4.39 Å². The molecule has 0 aromatic carbocycles. The van der Waals surface area contributed by atoms with Gasteiger partial charge in [-0.2, -0.15) is 0 Å². The van der Waals surface area contributed by atoms with Gasteiger partial charge in [0.05, 0.1) is 10.7 Å². The smallest absolute Gasteiger partial charge is 0.145 e. The van der Waals surface area contributed by atoms with Crippen LogP contribution in [0, 0.1) is 5.82 Å². The van der Waals surface area contributed by atoms with Crippen molar-refractivity contribution in [1.82, 2.24) is 4.98 Å². The molecule has 0 fully saturated rings. The summed E-state index contributed by atoms with van der Waals surface area (Å²) < 4.78 is 12.6. The first-order valence-electron chi connectivity index (χ1n) is 2.70. The third-order valence-corrected chi connectivity index (χ3v) is 2.27. The molecule has 0 radical (unpaired) electrons. The van der Waals surface area contributed by atoms with Crippen molar-refractivity contribution in [2.45, 2.75) is 3.74 Å². The van der Waals surface area contributed by atoms with E-state index in [0.29, 0.717) is 5.69 Å². The van der Waals surface area contributed by atoms with Crippen LogP contribution in [0.15, 0.2) is 12.3 Å². The molecule has 1 rings (SSSR count). The average Bonchev–Trinajstić information content (AvgIpc) is 1.94. The maximum Gasteiger partial charge on any atom is 0.145 e. The zero-order chi connectivity index (χ0) is 8.43. The number of halogens is 4. The quantitative estimate of drug-likeness (QED) is 0.722. The topological polar surface area (TPSA) is 12.9 Å². The highest BCUT2D eigenvalue weighted by atomic mass is 79.9. The molecule has 0 bridgehead atoms. The Morgan fingerprint density at radius 2 is 2.18 bits per heavy atom. The standard InChI is InChI=1S/C6H3Br2ClFN/c7-6(8)5-1-4(10)3(9)2-11-5/h1-2,6H. The van der Waals surface area contributed by atoms with Crippen LogP contribution in [0.25, 0.3) is 0 Å². The average molecular weight is 303 g/mol. The van der Waals surface area contributed by atoms with Crippen molar-refractivity contribution in [2.75, 3.05) is 0 Å². The van der Waals surface area contributed by atoms with E-state index in [4.69, 9.17) is 11.6 Å². The van der Waals surface area contributed by atoms with Crippen LogP contribution in [-0.2, 0) is 0 Å². The lowest BCUT2D eigenvalue weighted by Gasteiger charge is -2.00. The molecule has 0 atom stereocenters. The minimum atomic E-state index is -0.458. The third kappa shape index (κ3) is 2.39. The summed E-state index contributed by atoms with van der Waals surface area (Å²) in [5, 5.41) is 0.0365. The molecule has 0 aliphatic heterocycles. The van der Waals surface area contributed by atoms with Gasteiger partial charge in [-0.25, -0.2) is 4.39 Å². The van der Waals surface area contributed by atoms with Gasteiger partial charge in [-0.3, -0.25) is 4.98 Å². The molecule has 5 heteroatoms. The molecule has 0 N–H and O–H groups in total. The van der Waals surface area contributed by atoms with E-state index >= 15 is 0 Å². The summed E-state index contributed by atoms with van der Waals surface area (Å²) in [5.41, 5.74) is 0.562. The van der Waals surface area contributed by atoms with Crippen LogP contribution >= 0.6 is 43.5 Å². The van der Waals surface area contributed by atoms with E-state index in [-0.39, 0.29) is 8.76 Å². The second-order valence-electron chi connectivity index (χ2n) is 1.82. The first-order valence-corrected chi connectivity index (χ1v) is 4.91. The molecule has 1 heterocycles. The molecule has 0 aliphatic rings. The van der Waals surface area contributed by atoms with Gasteiger partial charge < -0.3 is 0 Å². The Labute approximate surface area is 85.2 Å². The molecule has 0 amide bonds. The summed E-state index contributed by atoms with van der Waals surface area (Å²) in [5.74, 6) is -0.458. The number of pyridine rings is 1. The minimum absolute atomic E-state index is 0.0365. The molecule has 0 saturated heterocycles. The van der Waals surface area contributed by atoms with Crippen LogP contribution in [0.3, 0.4) is 0 Å². The Balaban J connectivity index is 3.05. The lowest BCUT2D eigenvalue weighted by molar-refractivity contribution is 0.624. The number of alkyl halides is 2. The zero-order valence-electron chi connectivity index (χ0n) is 5.19. The summed E-state index contributed by atoms with van der Waals surface area (Å²) in [7, 11) is 0. The molecular formula is C6H3Br2ClFN. The van der Waals surface area contributed by atoms with Gasteiger partial charge in [0, 0.05) is 6.20 Å². The first kappa shape index (κ1) is 9.42. The number of hydrogen-bond donors (Lipinski definition) is 0. The highest BCUT2D eigenvalue weighted by Gasteiger charge is 2.07. The molecular weight excluding hydrogens is 300 g/mol. The Kier molecular flexibility index (Phi) is 3.28. The van der Waals surface area contributed by atoms with Crippen molar-refractivity contribution < 1.29 is 4.39 Å². The number of nitrogens with zero attached hydrogens (tertiary/aromatic N) is 1. The lowest BCUT2D eigenvalue weighted by atomic mass is 10.4. The molecule has 0 aliphatic carbocycles. The number of rotatable bonds is 1. The van der Waals surface area contributed by atoms with E-state index in [0.717, 1.165) is 0 Å². The zero-order valence-corrected chi connectivity index (χ0v) is 9.12. The van der Waals surface area contributed by atoms with E-state index in [1.165, 1.54) is 12.3 Å².